The normalized spacial score (nSPS) is 25.8. The minimum absolute atomic E-state index is 0.144. The summed E-state index contributed by atoms with van der Waals surface area (Å²) < 4.78 is 25.0. The van der Waals surface area contributed by atoms with Gasteiger partial charge in [-0.3, -0.25) is 9.59 Å². The minimum atomic E-state index is -0.305. The molecular weight excluding hydrogens is 479 g/mol. The molecule has 0 radical (unpaired) electrons. The van der Waals surface area contributed by atoms with Gasteiger partial charge in [-0.2, -0.15) is 10.1 Å². The standard InChI is InChI=1S/C24H20BrFN2O4/c1-31-19-9-16(18(25)10-20(19)32-12-13-2-6-17(26)7-3-13)11-27-28-23(29)21-14-4-5-15(8-14)22(21)24(28)30/h2-7,9-11,14-15,21-22H,8,12H2,1H3. The number of hydrogen-bond donors (Lipinski definition) is 0. The Kier molecular flexibility index (Phi) is 5.33. The molecule has 4 unspecified atom stereocenters. The predicted molar refractivity (Wildman–Crippen MR) is 119 cm³/mol. The summed E-state index contributed by atoms with van der Waals surface area (Å²) in [6.45, 7) is 0.243. The van der Waals surface area contributed by atoms with Crippen LogP contribution in [0.5, 0.6) is 11.5 Å². The van der Waals surface area contributed by atoms with Gasteiger partial charge in [-0.05, 0) is 64.0 Å². The number of carbonyl (C=O) groups is 2. The van der Waals surface area contributed by atoms with E-state index in [0.717, 1.165) is 17.0 Å². The van der Waals surface area contributed by atoms with Gasteiger partial charge in [-0.1, -0.05) is 24.3 Å². The van der Waals surface area contributed by atoms with Crippen molar-refractivity contribution in [2.75, 3.05) is 7.11 Å². The molecule has 2 fully saturated rings. The second-order valence-electron chi connectivity index (χ2n) is 8.17. The smallest absolute Gasteiger partial charge is 0.254 e. The molecule has 1 aliphatic heterocycles. The molecular formula is C24H20BrFN2O4. The average molecular weight is 499 g/mol. The maximum absolute atomic E-state index is 13.1. The first-order valence-electron chi connectivity index (χ1n) is 10.3. The number of rotatable bonds is 6. The summed E-state index contributed by atoms with van der Waals surface area (Å²) in [6.07, 6.45) is 6.46. The van der Waals surface area contributed by atoms with E-state index in [0.29, 0.717) is 21.5 Å². The molecule has 6 nitrogen and oxygen atoms in total. The van der Waals surface area contributed by atoms with Gasteiger partial charge in [0.05, 0.1) is 25.2 Å². The van der Waals surface area contributed by atoms with E-state index >= 15 is 0 Å². The Labute approximate surface area is 192 Å². The van der Waals surface area contributed by atoms with E-state index < -0.39 is 0 Å². The largest absolute Gasteiger partial charge is 0.493 e. The van der Waals surface area contributed by atoms with Gasteiger partial charge in [0, 0.05) is 10.0 Å². The van der Waals surface area contributed by atoms with Crippen molar-refractivity contribution in [1.29, 1.82) is 0 Å². The van der Waals surface area contributed by atoms with Crippen LogP contribution in [0, 0.1) is 29.5 Å². The van der Waals surface area contributed by atoms with Gasteiger partial charge in [-0.25, -0.2) is 4.39 Å². The summed E-state index contributed by atoms with van der Waals surface area (Å²) in [7, 11) is 1.52. The fourth-order valence-corrected chi connectivity index (χ4v) is 5.21. The monoisotopic (exact) mass is 498 g/mol. The number of hydrogen-bond acceptors (Lipinski definition) is 5. The van der Waals surface area contributed by atoms with Crippen LogP contribution in [0.4, 0.5) is 4.39 Å². The highest BCUT2D eigenvalue weighted by Crippen LogP contribution is 2.52. The third-order valence-electron chi connectivity index (χ3n) is 6.35. The van der Waals surface area contributed by atoms with Crippen LogP contribution in [0.1, 0.15) is 17.5 Å². The molecule has 164 valence electrons. The third kappa shape index (κ3) is 3.52. The van der Waals surface area contributed by atoms with Crippen molar-refractivity contribution in [3.05, 3.63) is 70.0 Å². The summed E-state index contributed by atoms with van der Waals surface area (Å²) in [5.41, 5.74) is 1.45. The van der Waals surface area contributed by atoms with Crippen molar-refractivity contribution < 1.29 is 23.5 Å². The van der Waals surface area contributed by atoms with Gasteiger partial charge >= 0.3 is 0 Å². The van der Waals surface area contributed by atoms with Crippen molar-refractivity contribution in [3.63, 3.8) is 0 Å². The number of ether oxygens (including phenoxy) is 2. The Morgan fingerprint density at radius 3 is 2.38 bits per heavy atom. The van der Waals surface area contributed by atoms with Crippen LogP contribution in [-0.2, 0) is 16.2 Å². The van der Waals surface area contributed by atoms with Crippen molar-refractivity contribution in [2.24, 2.45) is 28.8 Å². The quantitative estimate of drug-likeness (QED) is 0.338. The van der Waals surface area contributed by atoms with E-state index in [1.54, 1.807) is 24.3 Å². The molecule has 1 saturated carbocycles. The molecule has 5 rings (SSSR count). The van der Waals surface area contributed by atoms with E-state index in [2.05, 4.69) is 33.2 Å². The maximum atomic E-state index is 13.1. The highest BCUT2D eigenvalue weighted by atomic mass is 79.9. The molecule has 0 aromatic heterocycles. The molecule has 32 heavy (non-hydrogen) atoms. The summed E-state index contributed by atoms with van der Waals surface area (Å²) >= 11 is 3.49. The molecule has 2 amide bonds. The highest BCUT2D eigenvalue weighted by Gasteiger charge is 2.59. The lowest BCUT2D eigenvalue weighted by molar-refractivity contribution is -0.140. The van der Waals surface area contributed by atoms with E-state index in [4.69, 9.17) is 9.47 Å². The first kappa shape index (κ1) is 20.9. The lowest BCUT2D eigenvalue weighted by atomic mass is 9.85. The molecule has 3 aliphatic rings. The number of amides is 2. The summed E-state index contributed by atoms with van der Waals surface area (Å²) in [5.74, 6) is -0.0748. The fourth-order valence-electron chi connectivity index (χ4n) is 4.78. The van der Waals surface area contributed by atoms with E-state index in [9.17, 15) is 14.0 Å². The molecule has 8 heteroatoms. The van der Waals surface area contributed by atoms with E-state index in [1.165, 1.54) is 25.5 Å². The van der Waals surface area contributed by atoms with Gasteiger partial charge in [0.25, 0.3) is 11.8 Å². The number of benzene rings is 2. The fraction of sp³-hybridized carbons (Fsp3) is 0.292. The van der Waals surface area contributed by atoms with Crippen LogP contribution in [0.3, 0.4) is 0 Å². The molecule has 1 saturated heterocycles. The van der Waals surface area contributed by atoms with Crippen molar-refractivity contribution in [2.45, 2.75) is 13.0 Å². The predicted octanol–water partition coefficient (Wildman–Crippen LogP) is 4.32. The molecule has 4 atom stereocenters. The van der Waals surface area contributed by atoms with Gasteiger partial charge in [0.1, 0.15) is 12.4 Å². The van der Waals surface area contributed by atoms with E-state index in [-0.39, 0.29) is 47.9 Å². The van der Waals surface area contributed by atoms with Crippen molar-refractivity contribution in [1.82, 2.24) is 5.01 Å². The molecule has 2 aromatic carbocycles. The van der Waals surface area contributed by atoms with E-state index in [1.807, 2.05) is 0 Å². The Hall–Kier alpha value is -3.00. The molecule has 1 heterocycles. The number of hydrazone groups is 1. The zero-order valence-corrected chi connectivity index (χ0v) is 18.8. The van der Waals surface area contributed by atoms with Gasteiger partial charge in [-0.15, -0.1) is 0 Å². The lowest BCUT2D eigenvalue weighted by Crippen LogP contribution is -2.28. The lowest BCUT2D eigenvalue weighted by Gasteiger charge is -2.14. The number of carbonyl (C=O) groups excluding carboxylic acids is 2. The van der Waals surface area contributed by atoms with Crippen LogP contribution >= 0.6 is 15.9 Å². The number of fused-ring (bicyclic) bond motifs is 5. The molecule has 2 aromatic rings. The van der Waals surface area contributed by atoms with Crippen molar-refractivity contribution >= 4 is 34.0 Å². The first-order valence-corrected chi connectivity index (χ1v) is 11.1. The molecule has 0 N–H and O–H groups in total. The van der Waals surface area contributed by atoms with Gasteiger partial charge in [0.2, 0.25) is 0 Å². The van der Waals surface area contributed by atoms with Gasteiger partial charge in [0.15, 0.2) is 11.5 Å². The Morgan fingerprint density at radius 1 is 1.09 bits per heavy atom. The molecule has 0 spiro atoms. The summed E-state index contributed by atoms with van der Waals surface area (Å²) in [5, 5.41) is 5.24. The summed E-state index contributed by atoms with van der Waals surface area (Å²) in [6, 6.07) is 9.50. The van der Waals surface area contributed by atoms with Crippen LogP contribution in [0.2, 0.25) is 0 Å². The highest BCUT2D eigenvalue weighted by molar-refractivity contribution is 9.10. The zero-order chi connectivity index (χ0) is 22.4. The molecule has 2 bridgehead atoms. The Balaban J connectivity index is 1.33. The third-order valence-corrected chi connectivity index (χ3v) is 7.04. The number of halogens is 2. The van der Waals surface area contributed by atoms with Crippen LogP contribution in [-0.4, -0.2) is 30.1 Å². The zero-order valence-electron chi connectivity index (χ0n) is 17.2. The minimum Gasteiger partial charge on any atom is -0.493 e. The van der Waals surface area contributed by atoms with Crippen LogP contribution in [0.25, 0.3) is 0 Å². The summed E-state index contributed by atoms with van der Waals surface area (Å²) in [4.78, 5) is 25.6. The van der Waals surface area contributed by atoms with Crippen molar-refractivity contribution in [3.8, 4) is 11.5 Å². The Bertz CT molecular complexity index is 1120. The number of allylic oxidation sites excluding steroid dienone is 2. The number of methoxy groups -OCH3 is 1. The average Bonchev–Trinajstić information content (AvgIpc) is 3.47. The number of imide groups is 1. The maximum Gasteiger partial charge on any atom is 0.254 e. The second kappa shape index (κ2) is 8.16. The topological polar surface area (TPSA) is 68.2 Å². The first-order chi connectivity index (χ1) is 15.5. The second-order valence-corrected chi connectivity index (χ2v) is 9.03. The SMILES string of the molecule is COc1cc(C=NN2C(=O)C3C4C=CC(C4)C3C2=O)c(Br)cc1OCc1ccc(F)cc1. The number of nitrogens with zero attached hydrogens (tertiary/aromatic N) is 2. The van der Waals surface area contributed by atoms with Gasteiger partial charge < -0.3 is 9.47 Å². The molecule has 2 aliphatic carbocycles. The van der Waals surface area contributed by atoms with Crippen LogP contribution in [0.15, 0.2) is 58.1 Å². The van der Waals surface area contributed by atoms with Crippen LogP contribution < -0.4 is 9.47 Å². The Morgan fingerprint density at radius 2 is 1.75 bits per heavy atom.